The molecule has 106 valence electrons. The maximum absolute atomic E-state index is 12.4. The molecule has 0 radical (unpaired) electrons. The number of nitrogen functional groups attached to an aromatic ring is 1. The van der Waals surface area contributed by atoms with Gasteiger partial charge < -0.3 is 11.1 Å². The van der Waals surface area contributed by atoms with Gasteiger partial charge in [-0.05, 0) is 46.3 Å². The van der Waals surface area contributed by atoms with E-state index in [4.69, 9.17) is 5.73 Å². The number of fused-ring (bicyclic) bond motifs is 1. The summed E-state index contributed by atoms with van der Waals surface area (Å²) in [5, 5.41) is 3.66. The van der Waals surface area contributed by atoms with Gasteiger partial charge in [0.15, 0.2) is 0 Å². The molecule has 1 aromatic carbocycles. The Kier molecular flexibility index (Phi) is 3.97. The molecule has 0 fully saturated rings. The fourth-order valence-corrected chi connectivity index (χ4v) is 3.56. The number of benzene rings is 1. The maximum Gasteiger partial charge on any atom is 0.267 e. The van der Waals surface area contributed by atoms with Crippen LogP contribution in [0.15, 0.2) is 45.5 Å². The van der Waals surface area contributed by atoms with Gasteiger partial charge in [0.25, 0.3) is 5.91 Å². The molecular weight excluding hydrogens is 418 g/mol. The van der Waals surface area contributed by atoms with Crippen LogP contribution in [0.2, 0.25) is 0 Å². The Labute approximate surface area is 141 Å². The van der Waals surface area contributed by atoms with E-state index in [2.05, 4.69) is 42.2 Å². The molecule has 1 amide bonds. The molecule has 0 bridgehead atoms. The maximum atomic E-state index is 12.4. The average Bonchev–Trinajstić information content (AvgIpc) is 2.81. The quantitative estimate of drug-likeness (QED) is 0.626. The van der Waals surface area contributed by atoms with Crippen molar-refractivity contribution in [3.05, 3.63) is 50.4 Å². The lowest BCUT2D eigenvalue weighted by Crippen LogP contribution is -2.12. The second-order valence-corrected chi connectivity index (χ2v) is 7.05. The smallest absolute Gasteiger partial charge is 0.267 e. The van der Waals surface area contributed by atoms with E-state index in [1.807, 2.05) is 24.3 Å². The van der Waals surface area contributed by atoms with Gasteiger partial charge in [-0.2, -0.15) is 0 Å². The lowest BCUT2D eigenvalue weighted by molar-refractivity contribution is 0.103. The SMILES string of the molecule is Nc1c(C(=O)Nc2cc(Br)ccc2Br)sc2ncccc12. The molecule has 0 saturated heterocycles. The Morgan fingerprint density at radius 3 is 2.86 bits per heavy atom. The molecule has 2 aromatic heterocycles. The zero-order valence-electron chi connectivity index (χ0n) is 10.6. The Bertz CT molecular complexity index is 847. The van der Waals surface area contributed by atoms with Gasteiger partial charge in [0.2, 0.25) is 0 Å². The molecule has 0 atom stereocenters. The summed E-state index contributed by atoms with van der Waals surface area (Å²) >= 11 is 8.08. The number of carbonyl (C=O) groups excluding carboxylic acids is 1. The van der Waals surface area contributed by atoms with Crippen LogP contribution in [-0.4, -0.2) is 10.9 Å². The third-order valence-corrected chi connectivity index (χ3v) is 5.20. The zero-order chi connectivity index (χ0) is 15.0. The van der Waals surface area contributed by atoms with Gasteiger partial charge in [-0.3, -0.25) is 4.79 Å². The first kappa shape index (κ1) is 14.5. The minimum atomic E-state index is -0.241. The summed E-state index contributed by atoms with van der Waals surface area (Å²) in [6.45, 7) is 0. The summed E-state index contributed by atoms with van der Waals surface area (Å²) in [4.78, 5) is 17.9. The van der Waals surface area contributed by atoms with Crippen molar-refractivity contribution in [2.24, 2.45) is 0 Å². The van der Waals surface area contributed by atoms with Crippen LogP contribution in [0.3, 0.4) is 0 Å². The molecule has 21 heavy (non-hydrogen) atoms. The van der Waals surface area contributed by atoms with Gasteiger partial charge in [-0.1, -0.05) is 15.9 Å². The summed E-state index contributed by atoms with van der Waals surface area (Å²) in [6, 6.07) is 9.23. The van der Waals surface area contributed by atoms with Gasteiger partial charge in [-0.25, -0.2) is 4.98 Å². The second-order valence-electron chi connectivity index (χ2n) is 4.28. The number of rotatable bonds is 2. The molecule has 2 heterocycles. The summed E-state index contributed by atoms with van der Waals surface area (Å²) in [5.41, 5.74) is 7.19. The summed E-state index contributed by atoms with van der Waals surface area (Å²) < 4.78 is 1.68. The van der Waals surface area contributed by atoms with Crippen molar-refractivity contribution < 1.29 is 4.79 Å². The highest BCUT2D eigenvalue weighted by molar-refractivity contribution is 9.11. The lowest BCUT2D eigenvalue weighted by atomic mass is 10.2. The van der Waals surface area contributed by atoms with Crippen molar-refractivity contribution in [3.63, 3.8) is 0 Å². The van der Waals surface area contributed by atoms with Crippen molar-refractivity contribution in [2.45, 2.75) is 0 Å². The molecule has 3 N–H and O–H groups in total. The van der Waals surface area contributed by atoms with E-state index >= 15 is 0 Å². The number of nitrogens with zero attached hydrogens (tertiary/aromatic N) is 1. The predicted octanol–water partition coefficient (Wildman–Crippen LogP) is 4.66. The number of carbonyl (C=O) groups is 1. The summed E-state index contributed by atoms with van der Waals surface area (Å²) in [5.74, 6) is -0.241. The third kappa shape index (κ3) is 2.81. The first-order chi connectivity index (χ1) is 10.1. The Morgan fingerprint density at radius 1 is 1.29 bits per heavy atom. The van der Waals surface area contributed by atoms with Crippen molar-refractivity contribution in [1.29, 1.82) is 0 Å². The van der Waals surface area contributed by atoms with Crippen LogP contribution < -0.4 is 11.1 Å². The van der Waals surface area contributed by atoms with E-state index in [1.54, 1.807) is 12.3 Å². The average molecular weight is 427 g/mol. The summed E-state index contributed by atoms with van der Waals surface area (Å²) in [7, 11) is 0. The fraction of sp³-hybridized carbons (Fsp3) is 0. The van der Waals surface area contributed by atoms with Crippen molar-refractivity contribution in [3.8, 4) is 0 Å². The molecule has 7 heteroatoms. The van der Waals surface area contributed by atoms with Crippen LogP contribution >= 0.6 is 43.2 Å². The number of amides is 1. The molecule has 0 saturated carbocycles. The third-order valence-electron chi connectivity index (χ3n) is 2.89. The second kappa shape index (κ2) is 5.75. The molecule has 4 nitrogen and oxygen atoms in total. The summed E-state index contributed by atoms with van der Waals surface area (Å²) in [6.07, 6.45) is 1.69. The van der Waals surface area contributed by atoms with Gasteiger partial charge >= 0.3 is 0 Å². The van der Waals surface area contributed by atoms with E-state index in [9.17, 15) is 4.79 Å². The van der Waals surface area contributed by atoms with E-state index in [1.165, 1.54) is 11.3 Å². The van der Waals surface area contributed by atoms with Gasteiger partial charge in [-0.15, -0.1) is 11.3 Å². The van der Waals surface area contributed by atoms with Crippen molar-refractivity contribution in [2.75, 3.05) is 11.1 Å². The number of thiophene rings is 1. The Morgan fingerprint density at radius 2 is 2.10 bits per heavy atom. The van der Waals surface area contributed by atoms with Crippen LogP contribution in [0.25, 0.3) is 10.2 Å². The largest absolute Gasteiger partial charge is 0.397 e. The standard InChI is InChI=1S/C14H9Br2N3OS/c15-7-3-4-9(16)10(6-7)19-13(20)12-11(17)8-2-1-5-18-14(8)21-12/h1-6H,17H2,(H,19,20). The number of anilines is 2. The topological polar surface area (TPSA) is 68.0 Å². The predicted molar refractivity (Wildman–Crippen MR) is 93.8 cm³/mol. The van der Waals surface area contributed by atoms with Crippen LogP contribution in [-0.2, 0) is 0 Å². The van der Waals surface area contributed by atoms with E-state index in [-0.39, 0.29) is 5.91 Å². The first-order valence-corrected chi connectivity index (χ1v) is 8.36. The molecule has 3 aromatic rings. The number of aromatic nitrogens is 1. The molecule has 3 rings (SSSR count). The van der Waals surface area contributed by atoms with E-state index in [0.717, 1.165) is 19.2 Å². The highest BCUT2D eigenvalue weighted by Gasteiger charge is 2.17. The number of pyridine rings is 1. The molecule has 0 unspecified atom stereocenters. The van der Waals surface area contributed by atoms with Crippen LogP contribution in [0.4, 0.5) is 11.4 Å². The number of hydrogen-bond acceptors (Lipinski definition) is 4. The molecular formula is C14H9Br2N3OS. The monoisotopic (exact) mass is 425 g/mol. The van der Waals surface area contributed by atoms with E-state index in [0.29, 0.717) is 16.3 Å². The fourth-order valence-electron chi connectivity index (χ4n) is 1.89. The molecule has 0 aliphatic rings. The molecule has 0 spiro atoms. The zero-order valence-corrected chi connectivity index (χ0v) is 14.5. The van der Waals surface area contributed by atoms with E-state index < -0.39 is 0 Å². The van der Waals surface area contributed by atoms with Crippen LogP contribution in [0, 0.1) is 0 Å². The van der Waals surface area contributed by atoms with Gasteiger partial charge in [0.05, 0.1) is 11.4 Å². The van der Waals surface area contributed by atoms with Crippen LogP contribution in [0.1, 0.15) is 9.67 Å². The normalized spacial score (nSPS) is 10.8. The van der Waals surface area contributed by atoms with Crippen molar-refractivity contribution in [1.82, 2.24) is 4.98 Å². The molecule has 0 aliphatic carbocycles. The number of nitrogens with one attached hydrogen (secondary N) is 1. The van der Waals surface area contributed by atoms with Gasteiger partial charge in [0.1, 0.15) is 9.71 Å². The number of nitrogens with two attached hydrogens (primary N) is 1. The Hall–Kier alpha value is -1.44. The number of halogens is 2. The first-order valence-electron chi connectivity index (χ1n) is 5.95. The molecule has 0 aliphatic heterocycles. The minimum absolute atomic E-state index is 0.241. The lowest BCUT2D eigenvalue weighted by Gasteiger charge is -2.07. The van der Waals surface area contributed by atoms with Crippen LogP contribution in [0.5, 0.6) is 0 Å². The minimum Gasteiger partial charge on any atom is -0.397 e. The van der Waals surface area contributed by atoms with Gasteiger partial charge in [0, 0.05) is 20.5 Å². The highest BCUT2D eigenvalue weighted by Crippen LogP contribution is 2.33. The Balaban J connectivity index is 1.97. The number of hydrogen-bond donors (Lipinski definition) is 2. The van der Waals surface area contributed by atoms with Crippen molar-refractivity contribution >= 4 is 70.7 Å². The highest BCUT2D eigenvalue weighted by atomic mass is 79.9.